The van der Waals surface area contributed by atoms with E-state index < -0.39 is 0 Å². The minimum atomic E-state index is 0.765. The average molecular weight is 251 g/mol. The van der Waals surface area contributed by atoms with Gasteiger partial charge in [-0.2, -0.15) is 0 Å². The standard InChI is InChI=1S/C14H25N3O/c1-4-9-15-14-8-6-7-13(16-14)12-17(5-2)10-11-18-3/h6-8H,4-5,9-12H2,1-3H3,(H,15,16). The molecule has 18 heavy (non-hydrogen) atoms. The lowest BCUT2D eigenvalue weighted by Crippen LogP contribution is -2.27. The van der Waals surface area contributed by atoms with Gasteiger partial charge < -0.3 is 10.1 Å². The second-order valence-electron chi connectivity index (χ2n) is 4.30. The fourth-order valence-corrected chi connectivity index (χ4v) is 1.72. The normalized spacial score (nSPS) is 10.9. The zero-order valence-corrected chi connectivity index (χ0v) is 11.8. The van der Waals surface area contributed by atoms with Crippen LogP contribution in [0.2, 0.25) is 0 Å². The first-order chi connectivity index (χ1) is 8.80. The number of ether oxygens (including phenoxy) is 1. The van der Waals surface area contributed by atoms with Gasteiger partial charge in [-0.1, -0.05) is 19.9 Å². The molecule has 1 N–H and O–H groups in total. The van der Waals surface area contributed by atoms with Gasteiger partial charge in [0.15, 0.2) is 0 Å². The van der Waals surface area contributed by atoms with Crippen molar-refractivity contribution in [2.75, 3.05) is 38.7 Å². The molecule has 1 aromatic heterocycles. The number of nitrogens with zero attached hydrogens (tertiary/aromatic N) is 2. The summed E-state index contributed by atoms with van der Waals surface area (Å²) < 4.78 is 5.11. The fourth-order valence-electron chi connectivity index (χ4n) is 1.72. The Morgan fingerprint density at radius 1 is 1.33 bits per heavy atom. The molecule has 0 saturated carbocycles. The molecule has 102 valence electrons. The van der Waals surface area contributed by atoms with Crippen LogP contribution in [-0.2, 0) is 11.3 Å². The van der Waals surface area contributed by atoms with E-state index in [9.17, 15) is 0 Å². The molecule has 1 rings (SSSR count). The predicted molar refractivity (Wildman–Crippen MR) is 75.8 cm³/mol. The molecular weight excluding hydrogens is 226 g/mol. The van der Waals surface area contributed by atoms with Crippen molar-refractivity contribution in [3.05, 3.63) is 23.9 Å². The number of hydrogen-bond acceptors (Lipinski definition) is 4. The van der Waals surface area contributed by atoms with E-state index in [0.29, 0.717) is 0 Å². The summed E-state index contributed by atoms with van der Waals surface area (Å²) >= 11 is 0. The number of aromatic nitrogens is 1. The molecule has 1 heterocycles. The fraction of sp³-hybridized carbons (Fsp3) is 0.643. The van der Waals surface area contributed by atoms with Crippen LogP contribution in [-0.4, -0.2) is 43.2 Å². The van der Waals surface area contributed by atoms with Gasteiger partial charge in [0.2, 0.25) is 0 Å². The molecule has 0 aliphatic carbocycles. The van der Waals surface area contributed by atoms with Crippen molar-refractivity contribution in [1.29, 1.82) is 0 Å². The molecule has 0 amide bonds. The Kier molecular flexibility index (Phi) is 7.37. The van der Waals surface area contributed by atoms with Crippen molar-refractivity contribution in [3.8, 4) is 0 Å². The predicted octanol–water partition coefficient (Wildman–Crippen LogP) is 2.37. The van der Waals surface area contributed by atoms with Gasteiger partial charge >= 0.3 is 0 Å². The van der Waals surface area contributed by atoms with Gasteiger partial charge in [-0.15, -0.1) is 0 Å². The van der Waals surface area contributed by atoms with Gasteiger partial charge in [-0.3, -0.25) is 4.90 Å². The van der Waals surface area contributed by atoms with Crippen LogP contribution in [0.1, 0.15) is 26.0 Å². The molecule has 0 unspecified atom stereocenters. The Labute approximate surface area is 110 Å². The van der Waals surface area contributed by atoms with Crippen LogP contribution in [0.3, 0.4) is 0 Å². The van der Waals surface area contributed by atoms with E-state index in [2.05, 4.69) is 41.2 Å². The molecule has 4 nitrogen and oxygen atoms in total. The van der Waals surface area contributed by atoms with E-state index >= 15 is 0 Å². The maximum absolute atomic E-state index is 5.11. The third-order valence-corrected chi connectivity index (χ3v) is 2.81. The second-order valence-corrected chi connectivity index (χ2v) is 4.30. The molecule has 0 spiro atoms. The highest BCUT2D eigenvalue weighted by Crippen LogP contribution is 2.07. The maximum Gasteiger partial charge on any atom is 0.126 e. The highest BCUT2D eigenvalue weighted by molar-refractivity contribution is 5.35. The number of pyridine rings is 1. The Morgan fingerprint density at radius 2 is 2.17 bits per heavy atom. The smallest absolute Gasteiger partial charge is 0.126 e. The first-order valence-corrected chi connectivity index (χ1v) is 6.71. The van der Waals surface area contributed by atoms with Crippen molar-refractivity contribution in [3.63, 3.8) is 0 Å². The highest BCUT2D eigenvalue weighted by Gasteiger charge is 2.05. The molecular formula is C14H25N3O. The van der Waals surface area contributed by atoms with E-state index in [1.165, 1.54) is 0 Å². The van der Waals surface area contributed by atoms with Crippen LogP contribution in [0.25, 0.3) is 0 Å². The van der Waals surface area contributed by atoms with Crippen LogP contribution in [0, 0.1) is 0 Å². The van der Waals surface area contributed by atoms with Gasteiger partial charge in [0.1, 0.15) is 5.82 Å². The number of methoxy groups -OCH3 is 1. The molecule has 0 atom stereocenters. The lowest BCUT2D eigenvalue weighted by atomic mass is 10.3. The Balaban J connectivity index is 2.53. The van der Waals surface area contributed by atoms with E-state index in [1.807, 2.05) is 6.07 Å². The highest BCUT2D eigenvalue weighted by atomic mass is 16.5. The number of hydrogen-bond donors (Lipinski definition) is 1. The number of likely N-dealkylation sites (N-methyl/N-ethyl adjacent to an activating group) is 1. The van der Waals surface area contributed by atoms with Gasteiger partial charge in [0.25, 0.3) is 0 Å². The summed E-state index contributed by atoms with van der Waals surface area (Å²) in [4.78, 5) is 6.94. The summed E-state index contributed by atoms with van der Waals surface area (Å²) in [7, 11) is 1.74. The van der Waals surface area contributed by atoms with Crippen molar-refractivity contribution in [2.45, 2.75) is 26.8 Å². The SMILES string of the molecule is CCCNc1cccc(CN(CC)CCOC)n1. The first kappa shape index (κ1) is 14.9. The molecule has 0 aromatic carbocycles. The molecule has 0 saturated heterocycles. The Hall–Kier alpha value is -1.13. The van der Waals surface area contributed by atoms with Crippen LogP contribution in [0.15, 0.2) is 18.2 Å². The zero-order valence-electron chi connectivity index (χ0n) is 11.8. The summed E-state index contributed by atoms with van der Waals surface area (Å²) in [5.41, 5.74) is 1.11. The monoisotopic (exact) mass is 251 g/mol. The van der Waals surface area contributed by atoms with Crippen molar-refractivity contribution < 1.29 is 4.74 Å². The average Bonchev–Trinajstić information content (AvgIpc) is 2.41. The minimum absolute atomic E-state index is 0.765. The zero-order chi connectivity index (χ0) is 13.2. The summed E-state index contributed by atoms with van der Waals surface area (Å²) in [6.45, 7) is 8.88. The van der Waals surface area contributed by atoms with Crippen LogP contribution in [0.5, 0.6) is 0 Å². The molecule has 0 aliphatic heterocycles. The largest absolute Gasteiger partial charge is 0.383 e. The summed E-state index contributed by atoms with van der Waals surface area (Å²) in [5, 5.41) is 3.31. The summed E-state index contributed by atoms with van der Waals surface area (Å²) in [6, 6.07) is 6.15. The molecule has 1 aromatic rings. The summed E-state index contributed by atoms with van der Waals surface area (Å²) in [6.07, 6.45) is 1.11. The molecule has 0 bridgehead atoms. The number of nitrogens with one attached hydrogen (secondary N) is 1. The first-order valence-electron chi connectivity index (χ1n) is 6.71. The topological polar surface area (TPSA) is 37.4 Å². The summed E-state index contributed by atoms with van der Waals surface area (Å²) in [5.74, 6) is 0.970. The lowest BCUT2D eigenvalue weighted by Gasteiger charge is -2.19. The quantitative estimate of drug-likeness (QED) is 0.731. The van der Waals surface area contributed by atoms with E-state index in [4.69, 9.17) is 4.74 Å². The second kappa shape index (κ2) is 8.89. The third-order valence-electron chi connectivity index (χ3n) is 2.81. The van der Waals surface area contributed by atoms with E-state index in [1.54, 1.807) is 7.11 Å². The van der Waals surface area contributed by atoms with E-state index in [0.717, 1.165) is 50.7 Å². The maximum atomic E-state index is 5.11. The van der Waals surface area contributed by atoms with Gasteiger partial charge in [-0.25, -0.2) is 4.98 Å². The van der Waals surface area contributed by atoms with Crippen LogP contribution < -0.4 is 5.32 Å². The lowest BCUT2D eigenvalue weighted by molar-refractivity contribution is 0.147. The van der Waals surface area contributed by atoms with E-state index in [-0.39, 0.29) is 0 Å². The van der Waals surface area contributed by atoms with Crippen molar-refractivity contribution >= 4 is 5.82 Å². The van der Waals surface area contributed by atoms with Gasteiger partial charge in [-0.05, 0) is 25.1 Å². The minimum Gasteiger partial charge on any atom is -0.383 e. The third kappa shape index (κ3) is 5.47. The Bertz CT molecular complexity index is 331. The molecule has 0 fully saturated rings. The number of anilines is 1. The van der Waals surface area contributed by atoms with Gasteiger partial charge in [0, 0.05) is 26.7 Å². The van der Waals surface area contributed by atoms with Crippen molar-refractivity contribution in [2.24, 2.45) is 0 Å². The van der Waals surface area contributed by atoms with Crippen LogP contribution >= 0.6 is 0 Å². The molecule has 4 heteroatoms. The van der Waals surface area contributed by atoms with Crippen molar-refractivity contribution in [1.82, 2.24) is 9.88 Å². The molecule has 0 radical (unpaired) electrons. The molecule has 0 aliphatic rings. The van der Waals surface area contributed by atoms with Crippen LogP contribution in [0.4, 0.5) is 5.82 Å². The van der Waals surface area contributed by atoms with Gasteiger partial charge in [0.05, 0.1) is 12.3 Å². The number of rotatable bonds is 9. The Morgan fingerprint density at radius 3 is 2.83 bits per heavy atom.